The fraction of sp³-hybridized carbons (Fsp3) is 0.429. The predicted octanol–water partition coefficient (Wildman–Crippen LogP) is 5.20. The van der Waals surface area contributed by atoms with Gasteiger partial charge in [-0.1, -0.05) is 23.7 Å². The van der Waals surface area contributed by atoms with Crippen LogP contribution >= 0.6 is 22.9 Å². The van der Waals surface area contributed by atoms with E-state index in [2.05, 4.69) is 49.1 Å². The molecule has 3 atom stereocenters. The number of halogens is 1. The molecule has 1 amide bonds. The predicted molar refractivity (Wildman–Crippen MR) is 146 cm³/mol. The molecule has 1 aliphatic carbocycles. The average molecular weight is 525 g/mol. The number of nitrogens with one attached hydrogen (secondary N) is 1. The molecule has 0 bridgehead atoms. The lowest BCUT2D eigenvalue weighted by Crippen LogP contribution is -2.52. The van der Waals surface area contributed by atoms with E-state index >= 15 is 0 Å². The van der Waals surface area contributed by atoms with Crippen molar-refractivity contribution in [3.8, 4) is 5.75 Å². The summed E-state index contributed by atoms with van der Waals surface area (Å²) >= 11 is 7.70. The zero-order valence-electron chi connectivity index (χ0n) is 20.6. The fourth-order valence-corrected chi connectivity index (χ4v) is 6.29. The highest BCUT2D eigenvalue weighted by molar-refractivity contribution is 7.08. The minimum Gasteiger partial charge on any atom is -0.497 e. The molecule has 6 nitrogen and oxygen atoms in total. The molecule has 36 heavy (non-hydrogen) atoms. The Bertz CT molecular complexity index is 1120. The number of piperazine rings is 1. The van der Waals surface area contributed by atoms with Gasteiger partial charge in [0.1, 0.15) is 11.6 Å². The Balaban J connectivity index is 1.20. The standard InChI is InChI=1S/C28H33ClN4O2S/c1-35-24-6-2-20(3-7-24)17-30-23-5-8-25(26(16-23)21-10-15-36-19-21)28(34)33-13-11-32(12-14-33)27-9-4-22(29)18-31-27/h2-4,6-7,9-10,15,18-19,23,25-26,30H,5,8,11-14,16-17H2,1H3/t23-,25+,26-/m1/s1. The lowest BCUT2D eigenvalue weighted by atomic mass is 9.73. The van der Waals surface area contributed by atoms with Crippen LogP contribution in [0.1, 0.15) is 36.3 Å². The Morgan fingerprint density at radius 3 is 2.58 bits per heavy atom. The van der Waals surface area contributed by atoms with E-state index in [1.165, 1.54) is 11.1 Å². The number of thiophene rings is 1. The molecule has 3 heterocycles. The van der Waals surface area contributed by atoms with Gasteiger partial charge in [-0.25, -0.2) is 4.98 Å². The summed E-state index contributed by atoms with van der Waals surface area (Å²) in [5.41, 5.74) is 2.55. The molecule has 1 saturated heterocycles. The number of benzene rings is 1. The Hall–Kier alpha value is -2.61. The van der Waals surface area contributed by atoms with Gasteiger partial charge in [0.2, 0.25) is 5.91 Å². The largest absolute Gasteiger partial charge is 0.497 e. The molecular weight excluding hydrogens is 492 g/mol. The third-order valence-corrected chi connectivity index (χ3v) is 8.44. The molecular formula is C28H33ClN4O2S. The van der Waals surface area contributed by atoms with E-state index in [1.54, 1.807) is 24.6 Å². The van der Waals surface area contributed by atoms with Crippen molar-refractivity contribution in [1.82, 2.24) is 15.2 Å². The molecule has 1 saturated carbocycles. The summed E-state index contributed by atoms with van der Waals surface area (Å²) in [5.74, 6) is 2.40. The second-order valence-electron chi connectivity index (χ2n) is 9.66. The summed E-state index contributed by atoms with van der Waals surface area (Å²) in [5, 5.41) is 8.74. The molecule has 2 fully saturated rings. The van der Waals surface area contributed by atoms with Gasteiger partial charge in [-0.05, 0) is 77.4 Å². The quantitative estimate of drug-likeness (QED) is 0.460. The first-order chi connectivity index (χ1) is 17.6. The molecule has 190 valence electrons. The van der Waals surface area contributed by atoms with Gasteiger partial charge in [0, 0.05) is 50.9 Å². The second kappa shape index (κ2) is 11.6. The first kappa shape index (κ1) is 25.1. The van der Waals surface area contributed by atoms with Crippen molar-refractivity contribution in [3.05, 3.63) is 75.6 Å². The monoisotopic (exact) mass is 524 g/mol. The zero-order valence-corrected chi connectivity index (χ0v) is 22.2. The number of anilines is 1. The Labute approximate surface area is 222 Å². The summed E-state index contributed by atoms with van der Waals surface area (Å²) < 4.78 is 5.27. The zero-order chi connectivity index (χ0) is 24.9. The molecule has 1 N–H and O–H groups in total. The van der Waals surface area contributed by atoms with E-state index < -0.39 is 0 Å². The van der Waals surface area contributed by atoms with Crippen LogP contribution in [0.15, 0.2) is 59.4 Å². The van der Waals surface area contributed by atoms with Gasteiger partial charge in [-0.2, -0.15) is 11.3 Å². The van der Waals surface area contributed by atoms with Crippen LogP contribution in [0.25, 0.3) is 0 Å². The van der Waals surface area contributed by atoms with Gasteiger partial charge in [0.25, 0.3) is 0 Å². The smallest absolute Gasteiger partial charge is 0.226 e. The number of methoxy groups -OCH3 is 1. The maximum absolute atomic E-state index is 13.7. The molecule has 0 spiro atoms. The van der Waals surface area contributed by atoms with Gasteiger partial charge >= 0.3 is 0 Å². The molecule has 5 rings (SSSR count). The van der Waals surface area contributed by atoms with E-state index in [1.807, 2.05) is 24.3 Å². The first-order valence-electron chi connectivity index (χ1n) is 12.6. The van der Waals surface area contributed by atoms with Crippen molar-refractivity contribution in [2.24, 2.45) is 5.92 Å². The van der Waals surface area contributed by atoms with Crippen LogP contribution in [-0.4, -0.2) is 55.1 Å². The molecule has 0 radical (unpaired) electrons. The number of pyridine rings is 1. The van der Waals surface area contributed by atoms with Gasteiger partial charge in [0.05, 0.1) is 12.1 Å². The van der Waals surface area contributed by atoms with Crippen LogP contribution in [-0.2, 0) is 11.3 Å². The molecule has 0 unspecified atom stereocenters. The molecule has 2 aromatic heterocycles. The minimum absolute atomic E-state index is 0.0406. The number of rotatable bonds is 7. The van der Waals surface area contributed by atoms with Gasteiger partial charge in [0.15, 0.2) is 0 Å². The third kappa shape index (κ3) is 5.85. The number of nitrogens with zero attached hydrogens (tertiary/aromatic N) is 3. The Morgan fingerprint density at radius 1 is 1.11 bits per heavy atom. The minimum atomic E-state index is 0.0406. The lowest BCUT2D eigenvalue weighted by molar-refractivity contribution is -0.137. The summed E-state index contributed by atoms with van der Waals surface area (Å²) in [6.07, 6.45) is 4.60. The maximum atomic E-state index is 13.7. The maximum Gasteiger partial charge on any atom is 0.226 e. The summed E-state index contributed by atoms with van der Waals surface area (Å²) in [4.78, 5) is 22.5. The van der Waals surface area contributed by atoms with Crippen molar-refractivity contribution in [3.63, 3.8) is 0 Å². The van der Waals surface area contributed by atoms with Crippen LogP contribution in [0.2, 0.25) is 5.02 Å². The number of carbonyl (C=O) groups excluding carboxylic acids is 1. The van der Waals surface area contributed by atoms with Gasteiger partial charge in [-0.3, -0.25) is 4.79 Å². The van der Waals surface area contributed by atoms with Crippen molar-refractivity contribution < 1.29 is 9.53 Å². The topological polar surface area (TPSA) is 57.7 Å². The summed E-state index contributed by atoms with van der Waals surface area (Å²) in [7, 11) is 1.69. The molecule has 8 heteroatoms. The average Bonchev–Trinajstić information content (AvgIpc) is 3.47. The van der Waals surface area contributed by atoms with Crippen molar-refractivity contribution in [2.45, 2.75) is 37.8 Å². The highest BCUT2D eigenvalue weighted by Crippen LogP contribution is 2.40. The number of carbonyl (C=O) groups is 1. The normalized spacial score (nSPS) is 22.4. The Kier molecular flexibility index (Phi) is 8.09. The fourth-order valence-electron chi connectivity index (χ4n) is 5.46. The summed E-state index contributed by atoms with van der Waals surface area (Å²) in [6, 6.07) is 14.6. The highest BCUT2D eigenvalue weighted by Gasteiger charge is 2.38. The number of aromatic nitrogens is 1. The number of hydrogen-bond donors (Lipinski definition) is 1. The van der Waals surface area contributed by atoms with Gasteiger partial charge in [-0.15, -0.1) is 0 Å². The first-order valence-corrected chi connectivity index (χ1v) is 14.0. The van der Waals surface area contributed by atoms with Crippen LogP contribution in [0.3, 0.4) is 0 Å². The van der Waals surface area contributed by atoms with Gasteiger partial charge < -0.3 is 19.9 Å². The van der Waals surface area contributed by atoms with E-state index in [4.69, 9.17) is 16.3 Å². The van der Waals surface area contributed by atoms with Crippen LogP contribution in [0.5, 0.6) is 5.75 Å². The SMILES string of the molecule is COc1ccc(CN[C@@H]2CC[C@H](C(=O)N3CCN(c4ccc(Cl)cn4)CC3)[C@@H](c3ccsc3)C2)cc1. The number of ether oxygens (including phenoxy) is 1. The van der Waals surface area contributed by atoms with Crippen LogP contribution in [0.4, 0.5) is 5.82 Å². The van der Waals surface area contributed by atoms with E-state index in [9.17, 15) is 4.79 Å². The molecule has 2 aliphatic rings. The number of hydrogen-bond acceptors (Lipinski definition) is 6. The van der Waals surface area contributed by atoms with Crippen molar-refractivity contribution in [1.29, 1.82) is 0 Å². The van der Waals surface area contributed by atoms with E-state index in [-0.39, 0.29) is 11.8 Å². The van der Waals surface area contributed by atoms with E-state index in [0.29, 0.717) is 17.0 Å². The Morgan fingerprint density at radius 2 is 1.92 bits per heavy atom. The number of amides is 1. The summed E-state index contributed by atoms with van der Waals surface area (Å²) in [6.45, 7) is 3.87. The van der Waals surface area contributed by atoms with Crippen LogP contribution < -0.4 is 15.0 Å². The highest BCUT2D eigenvalue weighted by atomic mass is 35.5. The third-order valence-electron chi connectivity index (χ3n) is 7.52. The van der Waals surface area contributed by atoms with Crippen molar-refractivity contribution in [2.75, 3.05) is 38.2 Å². The molecule has 3 aromatic rings. The lowest BCUT2D eigenvalue weighted by Gasteiger charge is -2.41. The van der Waals surface area contributed by atoms with Crippen LogP contribution in [0, 0.1) is 5.92 Å². The molecule has 1 aromatic carbocycles. The molecule has 1 aliphatic heterocycles. The van der Waals surface area contributed by atoms with E-state index in [0.717, 1.165) is 63.6 Å². The van der Waals surface area contributed by atoms with Crippen molar-refractivity contribution >= 4 is 34.7 Å². The second-order valence-corrected chi connectivity index (χ2v) is 10.9.